The van der Waals surface area contributed by atoms with Gasteiger partial charge in [0.15, 0.2) is 0 Å². The molecule has 1 aromatic carbocycles. The number of nitriles is 1. The molecule has 0 aliphatic heterocycles. The monoisotopic (exact) mass is 288 g/mol. The van der Waals surface area contributed by atoms with Gasteiger partial charge in [0.05, 0.1) is 18.0 Å². The van der Waals surface area contributed by atoms with Crippen LogP contribution >= 0.6 is 0 Å². The summed E-state index contributed by atoms with van der Waals surface area (Å²) in [5, 5.41) is 9.02. The maximum absolute atomic E-state index is 11.2. The first-order valence-electron chi connectivity index (χ1n) is 7.09. The molecule has 0 heterocycles. The van der Waals surface area contributed by atoms with E-state index < -0.39 is 0 Å². The number of anilines is 1. The van der Waals surface area contributed by atoms with Gasteiger partial charge in [-0.15, -0.1) is 0 Å². The fourth-order valence-corrected chi connectivity index (χ4v) is 2.18. The Morgan fingerprint density at radius 1 is 1.43 bits per heavy atom. The van der Waals surface area contributed by atoms with Gasteiger partial charge in [-0.1, -0.05) is 12.1 Å². The molecule has 0 aliphatic carbocycles. The van der Waals surface area contributed by atoms with Crippen LogP contribution in [0.25, 0.3) is 0 Å². The number of carbonyl (C=O) groups is 1. The molecular formula is C16H24N4O. The van der Waals surface area contributed by atoms with E-state index in [1.54, 1.807) is 0 Å². The summed E-state index contributed by atoms with van der Waals surface area (Å²) in [4.78, 5) is 13.2. The fourth-order valence-electron chi connectivity index (χ4n) is 2.18. The Kier molecular flexibility index (Phi) is 6.19. The zero-order valence-corrected chi connectivity index (χ0v) is 12.8. The molecule has 0 fully saturated rings. The summed E-state index contributed by atoms with van der Waals surface area (Å²) in [6.45, 7) is 5.40. The normalized spacial score (nSPS) is 11.3. The van der Waals surface area contributed by atoms with Gasteiger partial charge in [-0.05, 0) is 50.9 Å². The lowest BCUT2D eigenvalue weighted by Gasteiger charge is -2.23. The van der Waals surface area contributed by atoms with Crippen LogP contribution < -0.4 is 11.5 Å². The van der Waals surface area contributed by atoms with Gasteiger partial charge in [-0.2, -0.15) is 5.26 Å². The first kappa shape index (κ1) is 17.0. The molecule has 5 heteroatoms. The van der Waals surface area contributed by atoms with Crippen LogP contribution in [0.1, 0.15) is 32.3 Å². The molecule has 114 valence electrons. The van der Waals surface area contributed by atoms with E-state index >= 15 is 0 Å². The van der Waals surface area contributed by atoms with Crippen molar-refractivity contribution < 1.29 is 4.79 Å². The Hall–Kier alpha value is -2.06. The molecule has 4 N–H and O–H groups in total. The standard InChI is InChI=1S/C16H24N4O/c1-16(2,12-17)7-4-8-20(11-15(19)21)10-13-5-3-6-14(18)9-13/h3,5-6,9H,4,7-8,10-11,18H2,1-2H3,(H2,19,21). The zero-order chi connectivity index (χ0) is 15.9. The van der Waals surface area contributed by atoms with Crippen LogP contribution in [-0.4, -0.2) is 23.9 Å². The lowest BCUT2D eigenvalue weighted by Crippen LogP contribution is -2.34. The molecule has 0 aromatic heterocycles. The first-order valence-corrected chi connectivity index (χ1v) is 7.09. The van der Waals surface area contributed by atoms with Gasteiger partial charge in [0.2, 0.25) is 5.91 Å². The maximum atomic E-state index is 11.2. The summed E-state index contributed by atoms with van der Waals surface area (Å²) in [5.74, 6) is -0.349. The Morgan fingerprint density at radius 3 is 2.71 bits per heavy atom. The van der Waals surface area contributed by atoms with Gasteiger partial charge in [-0.3, -0.25) is 9.69 Å². The van der Waals surface area contributed by atoms with Crippen molar-refractivity contribution in [3.05, 3.63) is 29.8 Å². The van der Waals surface area contributed by atoms with Crippen LogP contribution in [0.4, 0.5) is 5.69 Å². The molecule has 5 nitrogen and oxygen atoms in total. The predicted octanol–water partition coefficient (Wildman–Crippen LogP) is 1.89. The molecule has 0 spiro atoms. The molecule has 1 amide bonds. The Morgan fingerprint density at radius 2 is 2.14 bits per heavy atom. The summed E-state index contributed by atoms with van der Waals surface area (Å²) >= 11 is 0. The van der Waals surface area contributed by atoms with Gasteiger partial charge < -0.3 is 11.5 Å². The summed E-state index contributed by atoms with van der Waals surface area (Å²) in [6.07, 6.45) is 1.63. The maximum Gasteiger partial charge on any atom is 0.231 e. The number of primary amides is 1. The summed E-state index contributed by atoms with van der Waals surface area (Å²) in [7, 11) is 0. The Balaban J connectivity index is 2.60. The highest BCUT2D eigenvalue weighted by Gasteiger charge is 2.17. The topological polar surface area (TPSA) is 96.1 Å². The van der Waals surface area contributed by atoms with E-state index in [9.17, 15) is 4.79 Å². The predicted molar refractivity (Wildman–Crippen MR) is 84.0 cm³/mol. The second-order valence-corrected chi connectivity index (χ2v) is 6.02. The molecule has 0 bridgehead atoms. The minimum absolute atomic E-state index is 0.210. The molecule has 0 unspecified atom stereocenters. The van der Waals surface area contributed by atoms with Crippen molar-refractivity contribution in [3.8, 4) is 6.07 Å². The molecule has 1 aromatic rings. The number of hydrogen-bond acceptors (Lipinski definition) is 4. The van der Waals surface area contributed by atoms with Gasteiger partial charge in [0, 0.05) is 12.2 Å². The SMILES string of the molecule is CC(C)(C#N)CCCN(CC(N)=O)Cc1cccc(N)c1. The Labute approximate surface area is 126 Å². The van der Waals surface area contributed by atoms with Crippen LogP contribution in [0.2, 0.25) is 0 Å². The third kappa shape index (κ3) is 6.77. The van der Waals surface area contributed by atoms with Crippen molar-refractivity contribution in [2.24, 2.45) is 11.1 Å². The third-order valence-corrected chi connectivity index (χ3v) is 3.32. The highest BCUT2D eigenvalue weighted by Crippen LogP contribution is 2.21. The molecule has 21 heavy (non-hydrogen) atoms. The number of nitrogens with zero attached hydrogens (tertiary/aromatic N) is 2. The minimum atomic E-state index is -0.349. The highest BCUT2D eigenvalue weighted by molar-refractivity contribution is 5.75. The molecule has 0 saturated carbocycles. The molecule has 0 aliphatic rings. The molecule has 1 rings (SSSR count). The third-order valence-electron chi connectivity index (χ3n) is 3.32. The quantitative estimate of drug-likeness (QED) is 0.714. The average Bonchev–Trinajstić information content (AvgIpc) is 2.37. The average molecular weight is 288 g/mol. The number of hydrogen-bond donors (Lipinski definition) is 2. The van der Waals surface area contributed by atoms with E-state index in [4.69, 9.17) is 16.7 Å². The van der Waals surface area contributed by atoms with E-state index in [0.717, 1.165) is 24.9 Å². The highest BCUT2D eigenvalue weighted by atomic mass is 16.1. The van der Waals surface area contributed by atoms with Gasteiger partial charge in [0.25, 0.3) is 0 Å². The summed E-state index contributed by atoms with van der Waals surface area (Å²) in [5.41, 5.74) is 12.5. The number of amides is 1. The lowest BCUT2D eigenvalue weighted by molar-refractivity contribution is -0.119. The van der Waals surface area contributed by atoms with Gasteiger partial charge in [-0.25, -0.2) is 0 Å². The number of carbonyl (C=O) groups excluding carboxylic acids is 1. The van der Waals surface area contributed by atoms with E-state index in [-0.39, 0.29) is 17.9 Å². The number of rotatable bonds is 8. The van der Waals surface area contributed by atoms with Gasteiger partial charge in [0.1, 0.15) is 0 Å². The zero-order valence-electron chi connectivity index (χ0n) is 12.8. The smallest absolute Gasteiger partial charge is 0.231 e. The molecule has 0 atom stereocenters. The van der Waals surface area contributed by atoms with Crippen molar-refractivity contribution in [1.29, 1.82) is 5.26 Å². The summed E-state index contributed by atoms with van der Waals surface area (Å²) in [6, 6.07) is 9.88. The van der Waals surface area contributed by atoms with Crippen LogP contribution in [-0.2, 0) is 11.3 Å². The number of nitrogens with two attached hydrogens (primary N) is 2. The molecule has 0 saturated heterocycles. The van der Waals surface area contributed by atoms with E-state index in [0.29, 0.717) is 12.2 Å². The van der Waals surface area contributed by atoms with Crippen LogP contribution in [0, 0.1) is 16.7 Å². The largest absolute Gasteiger partial charge is 0.399 e. The van der Waals surface area contributed by atoms with Crippen LogP contribution in [0.3, 0.4) is 0 Å². The number of nitrogen functional groups attached to an aromatic ring is 1. The minimum Gasteiger partial charge on any atom is -0.399 e. The van der Waals surface area contributed by atoms with E-state index in [2.05, 4.69) is 6.07 Å². The number of benzene rings is 1. The first-order chi connectivity index (χ1) is 9.82. The van der Waals surface area contributed by atoms with Crippen molar-refractivity contribution in [2.45, 2.75) is 33.2 Å². The van der Waals surface area contributed by atoms with Crippen molar-refractivity contribution in [3.63, 3.8) is 0 Å². The molecule has 0 radical (unpaired) electrons. The second-order valence-electron chi connectivity index (χ2n) is 6.02. The Bertz CT molecular complexity index is 519. The molecular weight excluding hydrogens is 264 g/mol. The fraction of sp³-hybridized carbons (Fsp3) is 0.500. The van der Waals surface area contributed by atoms with Crippen LogP contribution in [0.5, 0.6) is 0 Å². The van der Waals surface area contributed by atoms with Crippen molar-refractivity contribution in [2.75, 3.05) is 18.8 Å². The van der Waals surface area contributed by atoms with E-state index in [1.807, 2.05) is 43.0 Å². The van der Waals surface area contributed by atoms with E-state index in [1.165, 1.54) is 0 Å². The summed E-state index contributed by atoms with van der Waals surface area (Å²) < 4.78 is 0. The van der Waals surface area contributed by atoms with Crippen molar-refractivity contribution in [1.82, 2.24) is 4.90 Å². The second kappa shape index (κ2) is 7.65. The van der Waals surface area contributed by atoms with Gasteiger partial charge >= 0.3 is 0 Å². The lowest BCUT2D eigenvalue weighted by atomic mass is 9.90. The van der Waals surface area contributed by atoms with Crippen LogP contribution in [0.15, 0.2) is 24.3 Å². The van der Waals surface area contributed by atoms with Crippen molar-refractivity contribution >= 4 is 11.6 Å².